The van der Waals surface area contributed by atoms with Gasteiger partial charge in [-0.15, -0.1) is 0 Å². The highest BCUT2D eigenvalue weighted by molar-refractivity contribution is 7.85. The number of carbonyl (C=O) groups is 1. The SMILES string of the molecule is O=C(NCCC#Cc1ccccc1S(=O)(=O)O)OCc1ccccc1. The lowest BCUT2D eigenvalue weighted by Gasteiger charge is -2.05. The van der Waals surface area contributed by atoms with Crippen LogP contribution >= 0.6 is 0 Å². The molecule has 0 atom stereocenters. The summed E-state index contributed by atoms with van der Waals surface area (Å²) < 4.78 is 36.6. The normalized spacial score (nSPS) is 10.4. The number of amides is 1. The lowest BCUT2D eigenvalue weighted by atomic mass is 10.2. The standard InChI is InChI=1S/C18H17NO5S/c20-18(24-14-15-8-2-1-3-9-15)19-13-7-6-11-16-10-4-5-12-17(16)25(21,22)23/h1-5,8-10,12H,7,13-14H2,(H,19,20)(H,21,22,23). The number of benzene rings is 2. The minimum absolute atomic E-state index is 0.181. The van der Waals surface area contributed by atoms with Gasteiger partial charge in [-0.3, -0.25) is 4.55 Å². The molecule has 6 nitrogen and oxygen atoms in total. The number of carbonyl (C=O) groups excluding carboxylic acids is 1. The minimum atomic E-state index is -4.32. The van der Waals surface area contributed by atoms with Crippen LogP contribution in [0.25, 0.3) is 0 Å². The van der Waals surface area contributed by atoms with Crippen molar-refractivity contribution in [2.45, 2.75) is 17.9 Å². The van der Waals surface area contributed by atoms with Crippen LogP contribution in [0.1, 0.15) is 17.5 Å². The van der Waals surface area contributed by atoms with E-state index in [1.54, 1.807) is 6.07 Å². The number of ether oxygens (including phenoxy) is 1. The summed E-state index contributed by atoms with van der Waals surface area (Å²) in [5.41, 5.74) is 1.09. The van der Waals surface area contributed by atoms with Gasteiger partial charge in [-0.1, -0.05) is 54.3 Å². The summed E-state index contributed by atoms with van der Waals surface area (Å²) in [6, 6.07) is 15.2. The predicted octanol–water partition coefficient (Wildman–Crippen LogP) is 2.60. The fourth-order valence-electron chi connectivity index (χ4n) is 1.95. The van der Waals surface area contributed by atoms with E-state index in [-0.39, 0.29) is 23.6 Å². The summed E-state index contributed by atoms with van der Waals surface area (Å²) in [6.45, 7) is 0.439. The monoisotopic (exact) mass is 359 g/mol. The molecular formula is C18H17NO5S. The highest BCUT2D eigenvalue weighted by atomic mass is 32.2. The summed E-state index contributed by atoms with van der Waals surface area (Å²) in [7, 11) is -4.32. The van der Waals surface area contributed by atoms with E-state index in [2.05, 4.69) is 17.2 Å². The highest BCUT2D eigenvalue weighted by Gasteiger charge is 2.12. The third-order valence-corrected chi connectivity index (χ3v) is 4.03. The fourth-order valence-corrected chi connectivity index (χ4v) is 2.60. The molecule has 2 aromatic rings. The second kappa shape index (κ2) is 8.87. The Bertz CT molecular complexity index is 882. The van der Waals surface area contributed by atoms with E-state index in [0.29, 0.717) is 6.42 Å². The molecule has 0 saturated heterocycles. The van der Waals surface area contributed by atoms with Crippen molar-refractivity contribution in [1.29, 1.82) is 0 Å². The van der Waals surface area contributed by atoms with Gasteiger partial charge in [-0.2, -0.15) is 8.42 Å². The highest BCUT2D eigenvalue weighted by Crippen LogP contribution is 2.13. The third-order valence-electron chi connectivity index (χ3n) is 3.12. The van der Waals surface area contributed by atoms with Gasteiger partial charge in [0.25, 0.3) is 10.1 Å². The Morgan fingerprint density at radius 3 is 2.48 bits per heavy atom. The van der Waals surface area contributed by atoms with Crippen LogP contribution in [-0.2, 0) is 21.5 Å². The maximum Gasteiger partial charge on any atom is 0.407 e. The molecule has 0 aromatic heterocycles. The molecule has 2 aromatic carbocycles. The van der Waals surface area contributed by atoms with E-state index in [1.165, 1.54) is 18.2 Å². The van der Waals surface area contributed by atoms with Gasteiger partial charge in [0.05, 0.1) is 0 Å². The van der Waals surface area contributed by atoms with Gasteiger partial charge in [-0.25, -0.2) is 4.79 Å². The van der Waals surface area contributed by atoms with Crippen molar-refractivity contribution in [3.63, 3.8) is 0 Å². The Hall–Kier alpha value is -2.82. The molecule has 0 aliphatic rings. The van der Waals surface area contributed by atoms with Gasteiger partial charge in [0.1, 0.15) is 11.5 Å². The van der Waals surface area contributed by atoms with Crippen LogP contribution in [0.4, 0.5) is 4.79 Å². The van der Waals surface area contributed by atoms with Crippen LogP contribution in [-0.4, -0.2) is 25.6 Å². The van der Waals surface area contributed by atoms with Crippen LogP contribution in [0.5, 0.6) is 0 Å². The molecule has 2 N–H and O–H groups in total. The molecule has 0 fully saturated rings. The van der Waals surface area contributed by atoms with Crippen molar-refractivity contribution in [2.75, 3.05) is 6.54 Å². The van der Waals surface area contributed by atoms with Crippen molar-refractivity contribution in [3.8, 4) is 11.8 Å². The Morgan fingerprint density at radius 2 is 1.76 bits per heavy atom. The molecule has 0 unspecified atom stereocenters. The molecule has 0 aliphatic heterocycles. The van der Waals surface area contributed by atoms with Crippen molar-refractivity contribution in [1.82, 2.24) is 5.32 Å². The van der Waals surface area contributed by atoms with Gasteiger partial charge < -0.3 is 10.1 Å². The number of nitrogens with one attached hydrogen (secondary N) is 1. The average Bonchev–Trinajstić information content (AvgIpc) is 2.60. The third kappa shape index (κ3) is 6.30. The van der Waals surface area contributed by atoms with Crippen LogP contribution in [0.2, 0.25) is 0 Å². The molecule has 0 radical (unpaired) electrons. The van der Waals surface area contributed by atoms with E-state index in [0.717, 1.165) is 5.56 Å². The second-order valence-electron chi connectivity index (χ2n) is 5.01. The molecule has 25 heavy (non-hydrogen) atoms. The molecule has 7 heteroatoms. The zero-order valence-electron chi connectivity index (χ0n) is 13.3. The number of hydrogen-bond donors (Lipinski definition) is 2. The van der Waals surface area contributed by atoms with Crippen LogP contribution in [0, 0.1) is 11.8 Å². The summed E-state index contributed by atoms with van der Waals surface area (Å²) in [5, 5.41) is 2.55. The van der Waals surface area contributed by atoms with Crippen LogP contribution in [0.3, 0.4) is 0 Å². The summed E-state index contributed by atoms with van der Waals surface area (Å²) in [5.74, 6) is 5.42. The lowest BCUT2D eigenvalue weighted by molar-refractivity contribution is 0.140. The zero-order valence-corrected chi connectivity index (χ0v) is 14.1. The van der Waals surface area contributed by atoms with Crippen LogP contribution < -0.4 is 5.32 Å². The molecule has 1 amide bonds. The van der Waals surface area contributed by atoms with Gasteiger partial charge in [-0.05, 0) is 17.7 Å². The minimum Gasteiger partial charge on any atom is -0.445 e. The first kappa shape index (κ1) is 18.5. The summed E-state index contributed by atoms with van der Waals surface area (Å²) in [4.78, 5) is 11.3. The Labute approximate surface area is 146 Å². The van der Waals surface area contributed by atoms with Gasteiger partial charge in [0, 0.05) is 18.5 Å². The van der Waals surface area contributed by atoms with Gasteiger partial charge in [0.2, 0.25) is 0 Å². The quantitative estimate of drug-likeness (QED) is 0.486. The summed E-state index contributed by atoms with van der Waals surface area (Å²) in [6.07, 6.45) is -0.246. The molecule has 0 saturated carbocycles. The first-order valence-electron chi connectivity index (χ1n) is 7.47. The van der Waals surface area contributed by atoms with E-state index < -0.39 is 16.2 Å². The topological polar surface area (TPSA) is 92.7 Å². The molecular weight excluding hydrogens is 342 g/mol. The van der Waals surface area contributed by atoms with Gasteiger partial charge >= 0.3 is 6.09 Å². The molecule has 130 valence electrons. The second-order valence-corrected chi connectivity index (χ2v) is 6.40. The summed E-state index contributed by atoms with van der Waals surface area (Å²) >= 11 is 0. The molecule has 0 aliphatic carbocycles. The Morgan fingerprint density at radius 1 is 1.08 bits per heavy atom. The van der Waals surface area contributed by atoms with Crippen molar-refractivity contribution in [3.05, 3.63) is 65.7 Å². The maximum atomic E-state index is 11.5. The first-order valence-corrected chi connectivity index (χ1v) is 8.91. The Balaban J connectivity index is 1.79. The van der Waals surface area contributed by atoms with E-state index >= 15 is 0 Å². The lowest BCUT2D eigenvalue weighted by Crippen LogP contribution is -2.24. The zero-order chi connectivity index (χ0) is 18.1. The molecule has 2 rings (SSSR count). The Kier molecular flexibility index (Phi) is 6.57. The number of alkyl carbamates (subject to hydrolysis) is 1. The molecule has 0 heterocycles. The van der Waals surface area contributed by atoms with Gasteiger partial charge in [0.15, 0.2) is 0 Å². The first-order chi connectivity index (χ1) is 12.0. The smallest absolute Gasteiger partial charge is 0.407 e. The largest absolute Gasteiger partial charge is 0.445 e. The van der Waals surface area contributed by atoms with E-state index in [1.807, 2.05) is 30.3 Å². The van der Waals surface area contributed by atoms with Crippen molar-refractivity contribution in [2.24, 2.45) is 0 Å². The maximum absolute atomic E-state index is 11.5. The fraction of sp³-hybridized carbons (Fsp3) is 0.167. The molecule has 0 spiro atoms. The number of rotatable bonds is 5. The predicted molar refractivity (Wildman–Crippen MR) is 92.4 cm³/mol. The van der Waals surface area contributed by atoms with E-state index in [9.17, 15) is 13.2 Å². The number of hydrogen-bond acceptors (Lipinski definition) is 4. The van der Waals surface area contributed by atoms with Crippen molar-refractivity contribution >= 4 is 16.2 Å². The van der Waals surface area contributed by atoms with Crippen molar-refractivity contribution < 1.29 is 22.5 Å². The van der Waals surface area contributed by atoms with E-state index in [4.69, 9.17) is 9.29 Å². The average molecular weight is 359 g/mol. The molecule has 0 bridgehead atoms. The van der Waals surface area contributed by atoms with Crippen LogP contribution in [0.15, 0.2) is 59.5 Å².